The summed E-state index contributed by atoms with van der Waals surface area (Å²) >= 11 is 0. The van der Waals surface area contributed by atoms with Gasteiger partial charge in [0.05, 0.1) is 19.3 Å². The van der Waals surface area contributed by atoms with Gasteiger partial charge in [0.2, 0.25) is 0 Å². The Morgan fingerprint density at radius 1 is 0.793 bits per heavy atom. The topological polar surface area (TPSA) is 27.7 Å². The second kappa shape index (κ2) is 12.9. The first-order chi connectivity index (χ1) is 13.7. The van der Waals surface area contributed by atoms with Gasteiger partial charge < -0.3 is 13.9 Å². The molecule has 1 aromatic carbocycles. The minimum atomic E-state index is -1.79. The van der Waals surface area contributed by atoms with Crippen LogP contribution in [0.1, 0.15) is 67.4 Å². The van der Waals surface area contributed by atoms with Crippen LogP contribution in [0.25, 0.3) is 0 Å². The van der Waals surface area contributed by atoms with Crippen molar-refractivity contribution >= 4 is 8.32 Å². The van der Waals surface area contributed by atoms with E-state index in [0.29, 0.717) is 41.7 Å². The molecule has 0 radical (unpaired) electrons. The molecule has 0 unspecified atom stereocenters. The Kier molecular flexibility index (Phi) is 11.7. The van der Waals surface area contributed by atoms with Crippen molar-refractivity contribution < 1.29 is 13.9 Å². The summed E-state index contributed by atoms with van der Waals surface area (Å²) in [5.41, 5.74) is 3.09. The molecule has 0 saturated carbocycles. The molecule has 0 heterocycles. The molecule has 1 aromatic rings. The van der Waals surface area contributed by atoms with Crippen LogP contribution in [0.5, 0.6) is 0 Å². The van der Waals surface area contributed by atoms with Gasteiger partial charge in [0, 0.05) is 19.6 Å². The molecule has 29 heavy (non-hydrogen) atoms. The molecule has 0 N–H and O–H groups in total. The van der Waals surface area contributed by atoms with Gasteiger partial charge in [-0.05, 0) is 34.5 Å². The van der Waals surface area contributed by atoms with E-state index in [-0.39, 0.29) is 6.10 Å². The number of hydrogen-bond donors (Lipinski definition) is 0. The average Bonchev–Trinajstić information content (AvgIpc) is 2.65. The molecular formula is C25H46O3Si. The molecule has 0 amide bonds. The lowest BCUT2D eigenvalue weighted by Crippen LogP contribution is -2.48. The van der Waals surface area contributed by atoms with Crippen LogP contribution >= 0.6 is 0 Å². The fraction of sp³-hybridized carbons (Fsp3) is 0.760. The monoisotopic (exact) mass is 422 g/mol. The summed E-state index contributed by atoms with van der Waals surface area (Å²) in [6.45, 7) is 20.8. The number of methoxy groups -OCH3 is 1. The second-order valence-electron chi connectivity index (χ2n) is 9.61. The molecule has 4 heteroatoms. The van der Waals surface area contributed by atoms with Crippen molar-refractivity contribution in [1.82, 2.24) is 0 Å². The molecule has 3 nitrogen and oxygen atoms in total. The van der Waals surface area contributed by atoms with Crippen LogP contribution < -0.4 is 0 Å². The third-order valence-corrected chi connectivity index (χ3v) is 12.6. The Labute approximate surface area is 181 Å². The lowest BCUT2D eigenvalue weighted by atomic mass is 9.91. The molecule has 1 rings (SSSR count). The van der Waals surface area contributed by atoms with Crippen LogP contribution in [0, 0.1) is 11.8 Å². The summed E-state index contributed by atoms with van der Waals surface area (Å²) in [7, 11) is 0.0340. The van der Waals surface area contributed by atoms with E-state index in [2.05, 4.69) is 79.7 Å². The summed E-state index contributed by atoms with van der Waals surface area (Å²) in [6.07, 6.45) is 1.21. The van der Waals surface area contributed by atoms with Crippen LogP contribution in [0.4, 0.5) is 0 Å². The van der Waals surface area contributed by atoms with Crippen molar-refractivity contribution in [2.75, 3.05) is 20.3 Å². The summed E-state index contributed by atoms with van der Waals surface area (Å²) in [5, 5.41) is 0. The molecule has 0 bridgehead atoms. The van der Waals surface area contributed by atoms with E-state index in [1.165, 1.54) is 5.56 Å². The number of hydrogen-bond acceptors (Lipinski definition) is 3. The average molecular weight is 423 g/mol. The van der Waals surface area contributed by atoms with Gasteiger partial charge in [-0.1, -0.05) is 85.7 Å². The summed E-state index contributed by atoms with van der Waals surface area (Å²) in [4.78, 5) is 0. The predicted octanol–water partition coefficient (Wildman–Crippen LogP) is 7.07. The Hall–Kier alpha value is -0.683. The molecule has 0 aromatic heterocycles. The van der Waals surface area contributed by atoms with Gasteiger partial charge in [0.1, 0.15) is 0 Å². The van der Waals surface area contributed by atoms with E-state index in [4.69, 9.17) is 13.9 Å². The highest BCUT2D eigenvalue weighted by Gasteiger charge is 2.45. The predicted molar refractivity (Wildman–Crippen MR) is 127 cm³/mol. The number of ether oxygens (including phenoxy) is 2. The van der Waals surface area contributed by atoms with Crippen LogP contribution in [0.3, 0.4) is 0 Å². The second-order valence-corrected chi connectivity index (χ2v) is 15.1. The largest absolute Gasteiger partial charge is 0.416 e. The third-order valence-electron chi connectivity index (χ3n) is 6.52. The molecule has 0 aliphatic carbocycles. The van der Waals surface area contributed by atoms with E-state index >= 15 is 0 Å². The van der Waals surface area contributed by atoms with E-state index in [1.54, 1.807) is 0 Å². The Balaban J connectivity index is 2.55. The molecule has 168 valence electrons. The lowest BCUT2D eigenvalue weighted by molar-refractivity contribution is -0.0273. The van der Waals surface area contributed by atoms with Crippen LogP contribution in [-0.4, -0.2) is 34.7 Å². The maximum Gasteiger partial charge on any atom is 0.200 e. The van der Waals surface area contributed by atoms with Crippen molar-refractivity contribution in [3.05, 3.63) is 35.9 Å². The van der Waals surface area contributed by atoms with Gasteiger partial charge in [0.15, 0.2) is 8.32 Å². The molecule has 0 saturated heterocycles. The summed E-state index contributed by atoms with van der Waals surface area (Å²) in [5.74, 6) is 0.787. The molecular weight excluding hydrogens is 376 g/mol. The zero-order valence-corrected chi connectivity index (χ0v) is 21.4. The maximum absolute atomic E-state index is 6.75. The molecule has 0 aliphatic rings. The van der Waals surface area contributed by atoms with Crippen molar-refractivity contribution in [2.45, 2.75) is 91.1 Å². The van der Waals surface area contributed by atoms with Gasteiger partial charge in [-0.3, -0.25) is 0 Å². The third kappa shape index (κ3) is 7.50. The minimum Gasteiger partial charge on any atom is -0.416 e. The smallest absolute Gasteiger partial charge is 0.200 e. The first-order valence-corrected chi connectivity index (χ1v) is 13.6. The van der Waals surface area contributed by atoms with Crippen molar-refractivity contribution in [2.24, 2.45) is 11.8 Å². The Morgan fingerprint density at radius 2 is 1.34 bits per heavy atom. The van der Waals surface area contributed by atoms with Crippen molar-refractivity contribution in [3.63, 3.8) is 0 Å². The summed E-state index contributed by atoms with van der Waals surface area (Å²) < 4.78 is 18.6. The fourth-order valence-electron chi connectivity index (χ4n) is 5.14. The van der Waals surface area contributed by atoms with E-state index in [9.17, 15) is 0 Å². The standard InChI is InChI=1S/C25H46O3Si/c1-19(2)29(20(3)4,21(5)6)28-16-15-22(7)25(26-9)23(8)17-27-18-24-13-11-10-12-14-24/h10-14,19-23,25H,15-18H2,1-9H3/t22-,23+,25-/m1/s1. The highest BCUT2D eigenvalue weighted by Crippen LogP contribution is 2.42. The molecule has 0 fully saturated rings. The van der Waals surface area contributed by atoms with Crippen LogP contribution in [-0.2, 0) is 20.5 Å². The van der Waals surface area contributed by atoms with E-state index in [0.717, 1.165) is 13.0 Å². The van der Waals surface area contributed by atoms with Crippen LogP contribution in [0.15, 0.2) is 30.3 Å². The molecule has 3 atom stereocenters. The van der Waals surface area contributed by atoms with E-state index < -0.39 is 8.32 Å². The van der Waals surface area contributed by atoms with Gasteiger partial charge >= 0.3 is 0 Å². The molecule has 0 spiro atoms. The first kappa shape index (κ1) is 26.4. The summed E-state index contributed by atoms with van der Waals surface area (Å²) in [6, 6.07) is 10.3. The van der Waals surface area contributed by atoms with Gasteiger partial charge in [-0.15, -0.1) is 0 Å². The van der Waals surface area contributed by atoms with Crippen molar-refractivity contribution in [3.8, 4) is 0 Å². The lowest BCUT2D eigenvalue weighted by Gasteiger charge is -2.42. The minimum absolute atomic E-state index is 0.183. The number of rotatable bonds is 14. The van der Waals surface area contributed by atoms with Gasteiger partial charge in [0.25, 0.3) is 0 Å². The number of benzene rings is 1. The first-order valence-electron chi connectivity index (χ1n) is 11.4. The van der Waals surface area contributed by atoms with Crippen molar-refractivity contribution in [1.29, 1.82) is 0 Å². The van der Waals surface area contributed by atoms with Gasteiger partial charge in [-0.25, -0.2) is 0 Å². The highest BCUT2D eigenvalue weighted by atomic mass is 28.4. The quantitative estimate of drug-likeness (QED) is 0.300. The SMILES string of the molecule is CO[C@H]([C@H](C)CCO[Si](C(C)C)(C(C)C)C(C)C)[C@@H](C)COCc1ccccc1. The highest BCUT2D eigenvalue weighted by molar-refractivity contribution is 6.77. The van der Waals surface area contributed by atoms with Gasteiger partial charge in [-0.2, -0.15) is 0 Å². The van der Waals surface area contributed by atoms with Crippen LogP contribution in [0.2, 0.25) is 16.6 Å². The zero-order valence-electron chi connectivity index (χ0n) is 20.4. The Morgan fingerprint density at radius 3 is 1.83 bits per heavy atom. The Bertz CT molecular complexity index is 522. The van der Waals surface area contributed by atoms with E-state index in [1.807, 2.05) is 13.2 Å². The molecule has 0 aliphatic heterocycles. The maximum atomic E-state index is 6.75. The normalized spacial score (nSPS) is 15.9. The fourth-order valence-corrected chi connectivity index (χ4v) is 10.6. The zero-order chi connectivity index (χ0) is 22.0.